The van der Waals surface area contributed by atoms with Crippen molar-refractivity contribution in [1.29, 1.82) is 0 Å². The maximum absolute atomic E-state index is 4.61. The number of para-hydroxylation sites is 1. The van der Waals surface area contributed by atoms with Crippen molar-refractivity contribution >= 4 is 34.4 Å². The number of nitrogens with one attached hydrogen (secondary N) is 1. The van der Waals surface area contributed by atoms with E-state index in [-0.39, 0.29) is 0 Å². The average molecular weight is 276 g/mol. The summed E-state index contributed by atoms with van der Waals surface area (Å²) in [6.45, 7) is 0. The summed E-state index contributed by atoms with van der Waals surface area (Å²) >= 11 is 4.61. The minimum atomic E-state index is 0.933. The van der Waals surface area contributed by atoms with Crippen LogP contribution in [0.2, 0.25) is 0 Å². The zero-order valence-electron chi connectivity index (χ0n) is 10.7. The van der Waals surface area contributed by atoms with E-state index in [0.717, 1.165) is 27.2 Å². The summed E-state index contributed by atoms with van der Waals surface area (Å²) in [7, 11) is 0. The van der Waals surface area contributed by atoms with Crippen molar-refractivity contribution in [2.24, 2.45) is 0 Å². The van der Waals surface area contributed by atoms with E-state index in [1.54, 1.807) is 0 Å². The molecule has 0 aliphatic carbocycles. The molecule has 2 aromatic heterocycles. The van der Waals surface area contributed by atoms with E-state index in [2.05, 4.69) is 46.9 Å². The van der Waals surface area contributed by atoms with Crippen molar-refractivity contribution in [2.75, 3.05) is 0 Å². The lowest BCUT2D eigenvalue weighted by Gasteiger charge is -2.06. The van der Waals surface area contributed by atoms with Gasteiger partial charge in [-0.3, -0.25) is 4.98 Å². The molecule has 4 aromatic rings. The van der Waals surface area contributed by atoms with Crippen molar-refractivity contribution in [3.63, 3.8) is 0 Å². The van der Waals surface area contributed by atoms with E-state index < -0.39 is 0 Å². The number of pyridine rings is 1. The molecule has 20 heavy (non-hydrogen) atoms. The van der Waals surface area contributed by atoms with Crippen LogP contribution in [0.5, 0.6) is 0 Å². The van der Waals surface area contributed by atoms with Crippen LogP contribution in [0.15, 0.2) is 65.7 Å². The fourth-order valence-corrected chi connectivity index (χ4v) is 2.98. The van der Waals surface area contributed by atoms with Crippen molar-refractivity contribution in [3.05, 3.63) is 60.8 Å². The number of fused-ring (bicyclic) bond motifs is 3. The Morgan fingerprint density at radius 2 is 1.70 bits per heavy atom. The van der Waals surface area contributed by atoms with Crippen LogP contribution in [0.4, 0.5) is 0 Å². The highest BCUT2D eigenvalue weighted by molar-refractivity contribution is 7.80. The van der Waals surface area contributed by atoms with Gasteiger partial charge in [0, 0.05) is 32.9 Å². The van der Waals surface area contributed by atoms with Crippen molar-refractivity contribution in [3.8, 4) is 11.3 Å². The quantitative estimate of drug-likeness (QED) is 0.486. The summed E-state index contributed by atoms with van der Waals surface area (Å²) in [5.74, 6) is 0. The minimum Gasteiger partial charge on any atom is -0.354 e. The standard InChI is InChI=1S/C17H12N2S/c20-15-9-8-12-11-5-1-2-6-13(11)19-17(12)16(15)14-7-3-4-10-18-14/h1-10,19-20H. The fourth-order valence-electron chi connectivity index (χ4n) is 2.68. The van der Waals surface area contributed by atoms with Crippen molar-refractivity contribution < 1.29 is 0 Å². The Kier molecular flexibility index (Phi) is 2.54. The van der Waals surface area contributed by atoms with Gasteiger partial charge in [0.15, 0.2) is 0 Å². The van der Waals surface area contributed by atoms with Gasteiger partial charge in [-0.2, -0.15) is 0 Å². The first kappa shape index (κ1) is 11.6. The number of rotatable bonds is 1. The normalized spacial score (nSPS) is 11.2. The first-order valence-electron chi connectivity index (χ1n) is 6.48. The second kappa shape index (κ2) is 4.39. The molecule has 3 heteroatoms. The molecule has 0 radical (unpaired) electrons. The van der Waals surface area contributed by atoms with Gasteiger partial charge in [-0.05, 0) is 24.3 Å². The molecule has 0 amide bonds. The Bertz CT molecular complexity index is 910. The number of nitrogens with zero attached hydrogens (tertiary/aromatic N) is 1. The van der Waals surface area contributed by atoms with Gasteiger partial charge in [0.2, 0.25) is 0 Å². The third-order valence-corrected chi connectivity index (χ3v) is 3.95. The predicted octanol–water partition coefficient (Wildman–Crippen LogP) is 4.67. The molecule has 0 spiro atoms. The Morgan fingerprint density at radius 1 is 0.850 bits per heavy atom. The van der Waals surface area contributed by atoms with E-state index >= 15 is 0 Å². The summed E-state index contributed by atoms with van der Waals surface area (Å²) < 4.78 is 0. The van der Waals surface area contributed by atoms with Crippen LogP contribution in [0.3, 0.4) is 0 Å². The highest BCUT2D eigenvalue weighted by Crippen LogP contribution is 2.36. The molecule has 2 aromatic carbocycles. The second-order valence-corrected chi connectivity index (χ2v) is 5.25. The monoisotopic (exact) mass is 276 g/mol. The zero-order valence-corrected chi connectivity index (χ0v) is 11.6. The van der Waals surface area contributed by atoms with Crippen LogP contribution in [-0.2, 0) is 0 Å². The summed E-state index contributed by atoms with van der Waals surface area (Å²) in [6, 6.07) is 18.4. The van der Waals surface area contributed by atoms with Crippen LogP contribution in [0.25, 0.3) is 33.1 Å². The van der Waals surface area contributed by atoms with Crippen molar-refractivity contribution in [1.82, 2.24) is 9.97 Å². The third-order valence-electron chi connectivity index (χ3n) is 3.58. The molecule has 0 unspecified atom stereocenters. The number of benzene rings is 2. The number of aromatic nitrogens is 2. The van der Waals surface area contributed by atoms with E-state index in [1.165, 1.54) is 10.8 Å². The second-order valence-electron chi connectivity index (χ2n) is 4.77. The van der Waals surface area contributed by atoms with Crippen molar-refractivity contribution in [2.45, 2.75) is 4.90 Å². The van der Waals surface area contributed by atoms with Gasteiger partial charge in [0.25, 0.3) is 0 Å². The Balaban J connectivity index is 2.17. The summed E-state index contributed by atoms with van der Waals surface area (Å²) in [6.07, 6.45) is 1.81. The van der Waals surface area contributed by atoms with Gasteiger partial charge < -0.3 is 4.98 Å². The third kappa shape index (κ3) is 1.63. The van der Waals surface area contributed by atoms with Gasteiger partial charge in [0.1, 0.15) is 0 Å². The lowest BCUT2D eigenvalue weighted by Crippen LogP contribution is -1.86. The molecule has 0 saturated carbocycles. The molecule has 0 bridgehead atoms. The van der Waals surface area contributed by atoms with Crippen LogP contribution in [0, 0.1) is 0 Å². The first-order valence-corrected chi connectivity index (χ1v) is 6.93. The van der Waals surface area contributed by atoms with Crippen LogP contribution < -0.4 is 0 Å². The van der Waals surface area contributed by atoms with Gasteiger partial charge in [-0.15, -0.1) is 12.6 Å². The minimum absolute atomic E-state index is 0.933. The Morgan fingerprint density at radius 3 is 2.55 bits per heavy atom. The lowest BCUT2D eigenvalue weighted by molar-refractivity contribution is 1.30. The molecular formula is C17H12N2S. The first-order chi connectivity index (χ1) is 9.84. The largest absolute Gasteiger partial charge is 0.354 e. The molecule has 2 heterocycles. The van der Waals surface area contributed by atoms with E-state index in [0.29, 0.717) is 0 Å². The van der Waals surface area contributed by atoms with Crippen LogP contribution in [0.1, 0.15) is 0 Å². The van der Waals surface area contributed by atoms with Crippen LogP contribution >= 0.6 is 12.6 Å². The van der Waals surface area contributed by atoms with Gasteiger partial charge >= 0.3 is 0 Å². The zero-order chi connectivity index (χ0) is 13.5. The van der Waals surface area contributed by atoms with E-state index in [1.807, 2.05) is 36.5 Å². The fraction of sp³-hybridized carbons (Fsp3) is 0. The smallest absolute Gasteiger partial charge is 0.0734 e. The molecule has 1 N–H and O–H groups in total. The number of hydrogen-bond acceptors (Lipinski definition) is 2. The van der Waals surface area contributed by atoms with Gasteiger partial charge in [-0.25, -0.2) is 0 Å². The molecule has 0 aliphatic rings. The number of thiol groups is 1. The maximum atomic E-state index is 4.61. The van der Waals surface area contributed by atoms with Gasteiger partial charge in [0.05, 0.1) is 11.2 Å². The Hall–Kier alpha value is -2.26. The molecule has 2 nitrogen and oxygen atoms in total. The van der Waals surface area contributed by atoms with Gasteiger partial charge in [-0.1, -0.05) is 30.3 Å². The molecule has 96 valence electrons. The molecule has 0 atom stereocenters. The maximum Gasteiger partial charge on any atom is 0.0734 e. The number of aromatic amines is 1. The average Bonchev–Trinajstić information content (AvgIpc) is 2.86. The number of H-pyrrole nitrogens is 1. The highest BCUT2D eigenvalue weighted by atomic mass is 32.1. The molecule has 4 rings (SSSR count). The Labute approximate surface area is 121 Å². The van der Waals surface area contributed by atoms with Crippen LogP contribution in [-0.4, -0.2) is 9.97 Å². The van der Waals surface area contributed by atoms with E-state index in [9.17, 15) is 0 Å². The topological polar surface area (TPSA) is 28.7 Å². The molecule has 0 saturated heterocycles. The lowest BCUT2D eigenvalue weighted by atomic mass is 10.1. The predicted molar refractivity (Wildman–Crippen MR) is 86.3 cm³/mol. The summed E-state index contributed by atoms with van der Waals surface area (Å²) in [4.78, 5) is 8.89. The summed E-state index contributed by atoms with van der Waals surface area (Å²) in [5.41, 5.74) is 4.23. The SMILES string of the molecule is Sc1ccc2c([nH]c3ccccc32)c1-c1ccccn1. The molecule has 0 aliphatic heterocycles. The van der Waals surface area contributed by atoms with E-state index in [4.69, 9.17) is 0 Å². The summed E-state index contributed by atoms with van der Waals surface area (Å²) in [5, 5.41) is 2.44. The highest BCUT2D eigenvalue weighted by Gasteiger charge is 2.12. The number of hydrogen-bond donors (Lipinski definition) is 2. The molecule has 0 fully saturated rings. The molecular weight excluding hydrogens is 264 g/mol.